The molecular formula is C17H22Si. The van der Waals surface area contributed by atoms with Crippen molar-refractivity contribution in [3.63, 3.8) is 0 Å². The molecule has 1 atom stereocenters. The van der Waals surface area contributed by atoms with Crippen LogP contribution in [-0.4, -0.2) is 8.07 Å². The molecule has 1 heteroatoms. The van der Waals surface area contributed by atoms with Gasteiger partial charge in [0, 0.05) is 0 Å². The smallest absolute Gasteiger partial charge is 0.0768 e. The molecule has 0 nitrogen and oxygen atoms in total. The molecule has 18 heavy (non-hydrogen) atoms. The summed E-state index contributed by atoms with van der Waals surface area (Å²) in [7, 11) is -1.32. The quantitative estimate of drug-likeness (QED) is 0.686. The Labute approximate surface area is 111 Å². The molecule has 2 aliphatic rings. The lowest BCUT2D eigenvalue weighted by Crippen LogP contribution is -2.48. The predicted octanol–water partition coefficient (Wildman–Crippen LogP) is 4.41. The molecule has 1 saturated heterocycles. The summed E-state index contributed by atoms with van der Waals surface area (Å²) >= 11 is 0. The number of benzene rings is 1. The Kier molecular flexibility index (Phi) is 3.02. The molecule has 1 aromatic rings. The summed E-state index contributed by atoms with van der Waals surface area (Å²) in [6, 6.07) is 14.4. The molecule has 1 aliphatic carbocycles. The Morgan fingerprint density at radius 2 is 1.67 bits per heavy atom. The minimum atomic E-state index is -1.32. The monoisotopic (exact) mass is 254 g/mol. The van der Waals surface area contributed by atoms with Crippen LogP contribution in [0.25, 0.3) is 0 Å². The molecule has 0 radical (unpaired) electrons. The molecule has 1 unspecified atom stereocenters. The van der Waals surface area contributed by atoms with E-state index < -0.39 is 8.07 Å². The second-order valence-corrected chi connectivity index (χ2v) is 10.5. The lowest BCUT2D eigenvalue weighted by atomic mass is 10.3. The van der Waals surface area contributed by atoms with Crippen molar-refractivity contribution in [2.75, 3.05) is 0 Å². The standard InChI is InChI=1S/C17H22Si/c1-14-12-15(2)17(13-14)18(10-6-7-11-18)16-8-4-3-5-9-16/h3-5,8-9,12-13,17H,6-7,10-11H2,1-2H3. The van der Waals surface area contributed by atoms with Gasteiger partial charge in [0.1, 0.15) is 0 Å². The minimum Gasteiger partial charge on any atom is -0.0768 e. The maximum absolute atomic E-state index is 2.56. The molecular weight excluding hydrogens is 232 g/mol. The number of hydrogen-bond donors (Lipinski definition) is 0. The summed E-state index contributed by atoms with van der Waals surface area (Å²) in [6.45, 7) is 4.60. The zero-order chi connectivity index (χ0) is 12.6. The van der Waals surface area contributed by atoms with Crippen LogP contribution in [0.2, 0.25) is 17.6 Å². The fourth-order valence-electron chi connectivity index (χ4n) is 4.04. The Morgan fingerprint density at radius 1 is 1.00 bits per heavy atom. The molecule has 0 bridgehead atoms. The molecule has 0 saturated carbocycles. The number of rotatable bonds is 2. The molecule has 1 aromatic carbocycles. The molecule has 0 amide bonds. The van der Waals surface area contributed by atoms with Gasteiger partial charge in [-0.15, -0.1) is 0 Å². The van der Waals surface area contributed by atoms with Crippen LogP contribution in [0.3, 0.4) is 0 Å². The summed E-state index contributed by atoms with van der Waals surface area (Å²) in [5, 5.41) is 1.69. The van der Waals surface area contributed by atoms with Gasteiger partial charge in [-0.3, -0.25) is 0 Å². The van der Waals surface area contributed by atoms with Gasteiger partial charge in [-0.1, -0.05) is 83.7 Å². The number of allylic oxidation sites excluding steroid dienone is 4. The zero-order valence-corrected chi connectivity index (χ0v) is 12.4. The van der Waals surface area contributed by atoms with Gasteiger partial charge in [-0.05, 0) is 19.4 Å². The Bertz CT molecular complexity index is 490. The van der Waals surface area contributed by atoms with E-state index in [4.69, 9.17) is 0 Å². The van der Waals surface area contributed by atoms with E-state index in [1.54, 1.807) is 10.8 Å². The van der Waals surface area contributed by atoms with E-state index in [9.17, 15) is 0 Å². The van der Waals surface area contributed by atoms with E-state index >= 15 is 0 Å². The molecule has 1 heterocycles. The van der Waals surface area contributed by atoms with Gasteiger partial charge in [-0.25, -0.2) is 0 Å². The van der Waals surface area contributed by atoms with Crippen molar-refractivity contribution in [3.05, 3.63) is 53.6 Å². The van der Waals surface area contributed by atoms with Gasteiger partial charge in [-0.2, -0.15) is 0 Å². The fraction of sp³-hybridized carbons (Fsp3) is 0.412. The van der Waals surface area contributed by atoms with Crippen molar-refractivity contribution in [1.82, 2.24) is 0 Å². The van der Waals surface area contributed by atoms with Crippen LogP contribution in [0, 0.1) is 0 Å². The topological polar surface area (TPSA) is 0 Å². The molecule has 94 valence electrons. The average Bonchev–Trinajstić information content (AvgIpc) is 2.98. The van der Waals surface area contributed by atoms with E-state index in [0.29, 0.717) is 0 Å². The van der Waals surface area contributed by atoms with Crippen LogP contribution in [0.4, 0.5) is 0 Å². The molecule has 0 N–H and O–H groups in total. The van der Waals surface area contributed by atoms with Crippen LogP contribution >= 0.6 is 0 Å². The maximum atomic E-state index is 2.56. The average molecular weight is 254 g/mol. The third-order valence-corrected chi connectivity index (χ3v) is 10.6. The van der Waals surface area contributed by atoms with Gasteiger partial charge in [0.05, 0.1) is 8.07 Å². The second kappa shape index (κ2) is 4.54. The van der Waals surface area contributed by atoms with Gasteiger partial charge < -0.3 is 0 Å². The first-order chi connectivity index (χ1) is 8.72. The van der Waals surface area contributed by atoms with Crippen molar-refractivity contribution in [3.8, 4) is 0 Å². The summed E-state index contributed by atoms with van der Waals surface area (Å²) in [4.78, 5) is 0. The number of hydrogen-bond acceptors (Lipinski definition) is 0. The van der Waals surface area contributed by atoms with Crippen molar-refractivity contribution in [2.24, 2.45) is 0 Å². The minimum absolute atomic E-state index is 0.766. The predicted molar refractivity (Wildman–Crippen MR) is 81.9 cm³/mol. The third kappa shape index (κ3) is 1.81. The van der Waals surface area contributed by atoms with Crippen molar-refractivity contribution >= 4 is 13.3 Å². The summed E-state index contributed by atoms with van der Waals surface area (Å²) in [6.07, 6.45) is 7.84. The summed E-state index contributed by atoms with van der Waals surface area (Å²) in [5.41, 5.74) is 3.86. The zero-order valence-electron chi connectivity index (χ0n) is 11.4. The van der Waals surface area contributed by atoms with Crippen LogP contribution in [0.5, 0.6) is 0 Å². The maximum Gasteiger partial charge on any atom is 0.0974 e. The van der Waals surface area contributed by atoms with Gasteiger partial charge in [0.2, 0.25) is 0 Å². The normalized spacial score (nSPS) is 26.0. The third-order valence-electron chi connectivity index (χ3n) is 4.82. The van der Waals surface area contributed by atoms with Crippen LogP contribution in [0.1, 0.15) is 26.7 Å². The van der Waals surface area contributed by atoms with Crippen LogP contribution < -0.4 is 5.19 Å². The fourth-order valence-corrected chi connectivity index (χ4v) is 10.0. The highest BCUT2D eigenvalue weighted by molar-refractivity contribution is 6.94. The summed E-state index contributed by atoms with van der Waals surface area (Å²) < 4.78 is 0. The first kappa shape index (κ1) is 12.0. The molecule has 0 aromatic heterocycles. The van der Waals surface area contributed by atoms with Crippen molar-refractivity contribution < 1.29 is 0 Å². The highest BCUT2D eigenvalue weighted by Gasteiger charge is 2.45. The van der Waals surface area contributed by atoms with E-state index in [2.05, 4.69) is 56.3 Å². The Hall–Kier alpha value is -1.08. The lowest BCUT2D eigenvalue weighted by molar-refractivity contribution is 0.935. The lowest BCUT2D eigenvalue weighted by Gasteiger charge is -2.34. The summed E-state index contributed by atoms with van der Waals surface area (Å²) in [5.74, 6) is 0. The van der Waals surface area contributed by atoms with E-state index in [0.717, 1.165) is 5.54 Å². The molecule has 0 spiro atoms. The molecule has 1 fully saturated rings. The van der Waals surface area contributed by atoms with Crippen molar-refractivity contribution in [2.45, 2.75) is 44.3 Å². The van der Waals surface area contributed by atoms with E-state index in [-0.39, 0.29) is 0 Å². The van der Waals surface area contributed by atoms with Gasteiger partial charge in [0.15, 0.2) is 0 Å². The largest absolute Gasteiger partial charge is 0.0974 e. The van der Waals surface area contributed by atoms with Gasteiger partial charge >= 0.3 is 0 Å². The van der Waals surface area contributed by atoms with Crippen LogP contribution in [0.15, 0.2) is 53.6 Å². The first-order valence-electron chi connectivity index (χ1n) is 7.14. The second-order valence-electron chi connectivity index (χ2n) is 6.01. The highest BCUT2D eigenvalue weighted by atomic mass is 28.3. The Balaban J connectivity index is 2.06. The van der Waals surface area contributed by atoms with E-state index in [1.807, 2.05) is 0 Å². The Morgan fingerprint density at radius 3 is 2.22 bits per heavy atom. The van der Waals surface area contributed by atoms with Crippen molar-refractivity contribution in [1.29, 1.82) is 0 Å². The first-order valence-corrected chi connectivity index (χ1v) is 9.64. The molecule has 1 aliphatic heterocycles. The SMILES string of the molecule is CC1=CC([Si]2(c3ccccc3)CCCC2)C(C)=C1. The van der Waals surface area contributed by atoms with E-state index in [1.165, 1.54) is 30.5 Å². The molecule has 3 rings (SSSR count). The van der Waals surface area contributed by atoms with Crippen LogP contribution in [-0.2, 0) is 0 Å². The highest BCUT2D eigenvalue weighted by Crippen LogP contribution is 2.46. The van der Waals surface area contributed by atoms with Gasteiger partial charge in [0.25, 0.3) is 0 Å².